The molecule has 1 aromatic carbocycles. The van der Waals surface area contributed by atoms with Crippen LogP contribution < -0.4 is 20.2 Å². The van der Waals surface area contributed by atoms with Crippen LogP contribution in [0.1, 0.15) is 32.8 Å². The zero-order chi connectivity index (χ0) is 18.1. The molecule has 0 spiro atoms. The Kier molecular flexibility index (Phi) is 8.25. The number of ether oxygens (including phenoxy) is 2. The van der Waals surface area contributed by atoms with E-state index in [1.54, 1.807) is 19.2 Å². The summed E-state index contributed by atoms with van der Waals surface area (Å²) < 4.78 is 11.5. The van der Waals surface area contributed by atoms with Gasteiger partial charge in [-0.3, -0.25) is 9.59 Å². The lowest BCUT2D eigenvalue weighted by atomic mass is 10.2. The highest BCUT2D eigenvalue weighted by atomic mass is 79.9. The van der Waals surface area contributed by atoms with Gasteiger partial charge in [0.25, 0.3) is 0 Å². The first-order chi connectivity index (χ1) is 11.4. The average molecular weight is 400 g/mol. The maximum Gasteiger partial charge on any atom is 0.329 e. The first-order valence-corrected chi connectivity index (χ1v) is 8.36. The van der Waals surface area contributed by atoms with Crippen LogP contribution in [0.2, 0.25) is 0 Å². The van der Waals surface area contributed by atoms with E-state index < -0.39 is 11.8 Å². The molecule has 7 nitrogen and oxygen atoms in total. The number of benzene rings is 1. The fourth-order valence-electron chi connectivity index (χ4n) is 1.73. The van der Waals surface area contributed by atoms with Crippen LogP contribution in [0.25, 0.3) is 0 Å². The van der Waals surface area contributed by atoms with Gasteiger partial charge in [0.2, 0.25) is 0 Å². The molecule has 0 unspecified atom stereocenters. The van der Waals surface area contributed by atoms with Crippen LogP contribution in [-0.4, -0.2) is 37.8 Å². The molecule has 1 aromatic rings. The first kappa shape index (κ1) is 20.0. The molecule has 1 atom stereocenters. The van der Waals surface area contributed by atoms with E-state index in [2.05, 4.69) is 31.8 Å². The van der Waals surface area contributed by atoms with Gasteiger partial charge in [-0.25, -0.2) is 5.43 Å². The van der Waals surface area contributed by atoms with Crippen molar-refractivity contribution >= 4 is 34.0 Å². The van der Waals surface area contributed by atoms with Gasteiger partial charge in [0.05, 0.1) is 24.4 Å². The Balaban J connectivity index is 2.77. The SMILES string of the molecule is CCOc1cc(/C=N\NC(=O)C(=O)N[C@@H](C)CC)cc(Br)c1OC. The molecule has 24 heavy (non-hydrogen) atoms. The molecule has 0 fully saturated rings. The highest BCUT2D eigenvalue weighted by Gasteiger charge is 2.14. The topological polar surface area (TPSA) is 89.0 Å². The minimum absolute atomic E-state index is 0.0708. The Morgan fingerprint density at radius 1 is 1.33 bits per heavy atom. The summed E-state index contributed by atoms with van der Waals surface area (Å²) in [5.74, 6) is -0.404. The number of hydrazone groups is 1. The molecule has 0 bridgehead atoms. The molecule has 0 aliphatic carbocycles. The van der Waals surface area contributed by atoms with Crippen molar-refractivity contribution in [2.24, 2.45) is 5.10 Å². The number of halogens is 1. The number of nitrogens with zero attached hydrogens (tertiary/aromatic N) is 1. The van der Waals surface area contributed by atoms with Crippen LogP contribution in [0.4, 0.5) is 0 Å². The number of amides is 2. The second-order valence-electron chi connectivity index (χ2n) is 4.95. The predicted molar refractivity (Wildman–Crippen MR) is 95.5 cm³/mol. The Morgan fingerprint density at radius 3 is 2.62 bits per heavy atom. The number of rotatable bonds is 7. The number of carbonyl (C=O) groups excluding carboxylic acids is 2. The van der Waals surface area contributed by atoms with Crippen molar-refractivity contribution < 1.29 is 19.1 Å². The van der Waals surface area contributed by atoms with Gasteiger partial charge in [-0.15, -0.1) is 0 Å². The molecule has 2 N–H and O–H groups in total. The maximum absolute atomic E-state index is 11.6. The molecule has 0 saturated carbocycles. The summed E-state index contributed by atoms with van der Waals surface area (Å²) in [6.07, 6.45) is 2.16. The minimum Gasteiger partial charge on any atom is -0.492 e. The monoisotopic (exact) mass is 399 g/mol. The second kappa shape index (κ2) is 9.92. The standard InChI is InChI=1S/C16H22BrN3O4/c1-5-10(3)19-15(21)16(22)20-18-9-11-7-12(17)14(23-4)13(8-11)24-6-2/h7-10H,5-6H2,1-4H3,(H,19,21)(H,20,22)/b18-9-/t10-/m0/s1. The lowest BCUT2D eigenvalue weighted by Crippen LogP contribution is -2.41. The summed E-state index contributed by atoms with van der Waals surface area (Å²) in [5, 5.41) is 6.35. The zero-order valence-corrected chi connectivity index (χ0v) is 15.8. The molecule has 0 aliphatic rings. The van der Waals surface area contributed by atoms with Crippen molar-refractivity contribution in [3.8, 4) is 11.5 Å². The predicted octanol–water partition coefficient (Wildman–Crippen LogP) is 2.22. The average Bonchev–Trinajstić information content (AvgIpc) is 2.54. The van der Waals surface area contributed by atoms with Crippen LogP contribution in [0.5, 0.6) is 11.5 Å². The quantitative estimate of drug-likeness (QED) is 0.417. The first-order valence-electron chi connectivity index (χ1n) is 7.57. The fourth-order valence-corrected chi connectivity index (χ4v) is 2.35. The summed E-state index contributed by atoms with van der Waals surface area (Å²) in [6.45, 7) is 6.08. The molecule has 0 aromatic heterocycles. The molecule has 8 heteroatoms. The molecule has 1 rings (SSSR count). The van der Waals surface area contributed by atoms with Crippen LogP contribution in [0, 0.1) is 0 Å². The number of hydrogen-bond acceptors (Lipinski definition) is 5. The molecule has 0 radical (unpaired) electrons. The van der Waals surface area contributed by atoms with Gasteiger partial charge >= 0.3 is 11.8 Å². The largest absolute Gasteiger partial charge is 0.492 e. The van der Waals surface area contributed by atoms with E-state index in [1.807, 2.05) is 20.8 Å². The fraction of sp³-hybridized carbons (Fsp3) is 0.438. The van der Waals surface area contributed by atoms with Gasteiger partial charge in [-0.05, 0) is 53.9 Å². The Morgan fingerprint density at radius 2 is 2.04 bits per heavy atom. The third kappa shape index (κ3) is 5.84. The Hall–Kier alpha value is -2.09. The van der Waals surface area contributed by atoms with Crippen LogP contribution in [-0.2, 0) is 9.59 Å². The molecule has 0 heterocycles. The summed E-state index contributed by atoms with van der Waals surface area (Å²) >= 11 is 3.39. The summed E-state index contributed by atoms with van der Waals surface area (Å²) in [5.41, 5.74) is 2.87. The number of carbonyl (C=O) groups is 2. The van der Waals surface area contributed by atoms with Crippen molar-refractivity contribution in [2.75, 3.05) is 13.7 Å². The van der Waals surface area contributed by atoms with Gasteiger partial charge in [0.1, 0.15) is 0 Å². The van der Waals surface area contributed by atoms with Gasteiger partial charge in [-0.1, -0.05) is 6.92 Å². The van der Waals surface area contributed by atoms with Crippen molar-refractivity contribution in [1.82, 2.24) is 10.7 Å². The Labute approximate surface area is 149 Å². The van der Waals surface area contributed by atoms with Crippen LogP contribution in [0.15, 0.2) is 21.7 Å². The van der Waals surface area contributed by atoms with Crippen molar-refractivity contribution in [2.45, 2.75) is 33.2 Å². The van der Waals surface area contributed by atoms with Gasteiger partial charge in [0.15, 0.2) is 11.5 Å². The van der Waals surface area contributed by atoms with E-state index in [4.69, 9.17) is 9.47 Å². The highest BCUT2D eigenvalue weighted by molar-refractivity contribution is 9.10. The summed E-state index contributed by atoms with van der Waals surface area (Å²) in [7, 11) is 1.55. The van der Waals surface area contributed by atoms with E-state index in [-0.39, 0.29) is 6.04 Å². The van der Waals surface area contributed by atoms with Gasteiger partial charge < -0.3 is 14.8 Å². The number of nitrogens with one attached hydrogen (secondary N) is 2. The van der Waals surface area contributed by atoms with Crippen molar-refractivity contribution in [1.29, 1.82) is 0 Å². The highest BCUT2D eigenvalue weighted by Crippen LogP contribution is 2.36. The van der Waals surface area contributed by atoms with Crippen LogP contribution in [0.3, 0.4) is 0 Å². The smallest absolute Gasteiger partial charge is 0.329 e. The molecule has 2 amide bonds. The normalized spacial score (nSPS) is 11.9. The van der Waals surface area contributed by atoms with Crippen molar-refractivity contribution in [3.63, 3.8) is 0 Å². The van der Waals surface area contributed by atoms with E-state index in [9.17, 15) is 9.59 Å². The van der Waals surface area contributed by atoms with E-state index in [0.717, 1.165) is 6.42 Å². The Bertz CT molecular complexity index is 620. The van der Waals surface area contributed by atoms with E-state index >= 15 is 0 Å². The third-order valence-electron chi connectivity index (χ3n) is 3.11. The van der Waals surface area contributed by atoms with Crippen molar-refractivity contribution in [3.05, 3.63) is 22.2 Å². The van der Waals surface area contributed by atoms with Gasteiger partial charge in [-0.2, -0.15) is 5.10 Å². The molecule has 132 valence electrons. The molecular weight excluding hydrogens is 378 g/mol. The second-order valence-corrected chi connectivity index (χ2v) is 5.80. The van der Waals surface area contributed by atoms with Gasteiger partial charge in [0, 0.05) is 6.04 Å². The van der Waals surface area contributed by atoms with E-state index in [0.29, 0.717) is 28.1 Å². The maximum atomic E-state index is 11.6. The molecular formula is C16H22BrN3O4. The lowest BCUT2D eigenvalue weighted by molar-refractivity contribution is -0.139. The minimum atomic E-state index is -0.816. The van der Waals surface area contributed by atoms with Crippen LogP contribution >= 0.6 is 15.9 Å². The molecule has 0 saturated heterocycles. The lowest BCUT2D eigenvalue weighted by Gasteiger charge is -2.12. The zero-order valence-electron chi connectivity index (χ0n) is 14.2. The van der Waals surface area contributed by atoms with E-state index in [1.165, 1.54) is 6.21 Å². The summed E-state index contributed by atoms with van der Waals surface area (Å²) in [6, 6.07) is 3.41. The molecule has 0 aliphatic heterocycles. The third-order valence-corrected chi connectivity index (χ3v) is 3.70. The number of hydrogen-bond donors (Lipinski definition) is 2. The summed E-state index contributed by atoms with van der Waals surface area (Å²) in [4.78, 5) is 23.2. The number of methoxy groups -OCH3 is 1.